The Morgan fingerprint density at radius 2 is 1.89 bits per heavy atom. The molecule has 0 spiro atoms. The smallest absolute Gasteiger partial charge is 0.223 e. The molecule has 1 amide bonds. The first-order chi connectivity index (χ1) is 13.5. The quantitative estimate of drug-likeness (QED) is 0.610. The molecule has 0 unspecified atom stereocenters. The number of aryl methyl sites for hydroxylation is 1. The van der Waals surface area contributed by atoms with Crippen molar-refractivity contribution in [1.82, 2.24) is 9.88 Å². The Morgan fingerprint density at radius 3 is 2.57 bits per heavy atom. The topological polar surface area (TPSA) is 55.6 Å². The van der Waals surface area contributed by atoms with Crippen LogP contribution in [0.4, 0.5) is 8.78 Å². The molecule has 0 atom stereocenters. The van der Waals surface area contributed by atoms with E-state index in [1.54, 1.807) is 20.4 Å². The fourth-order valence-electron chi connectivity index (χ4n) is 2.72. The molecule has 0 bridgehead atoms. The van der Waals surface area contributed by atoms with E-state index < -0.39 is 11.6 Å². The third kappa shape index (κ3) is 4.73. The van der Waals surface area contributed by atoms with Gasteiger partial charge in [0.25, 0.3) is 0 Å². The van der Waals surface area contributed by atoms with Crippen LogP contribution >= 0.6 is 0 Å². The Bertz CT molecular complexity index is 955. The zero-order valence-corrected chi connectivity index (χ0v) is 15.6. The molecular formula is C21H20F2N2O3. The van der Waals surface area contributed by atoms with Gasteiger partial charge in [-0.25, -0.2) is 13.8 Å². The van der Waals surface area contributed by atoms with Crippen molar-refractivity contribution >= 4 is 5.91 Å². The number of rotatable bonds is 7. The van der Waals surface area contributed by atoms with E-state index in [1.807, 2.05) is 24.3 Å². The first-order valence-corrected chi connectivity index (χ1v) is 8.73. The largest absolute Gasteiger partial charge is 0.497 e. The average Bonchev–Trinajstić information content (AvgIpc) is 3.18. The van der Waals surface area contributed by atoms with Crippen LogP contribution in [0.3, 0.4) is 0 Å². The van der Waals surface area contributed by atoms with Crippen molar-refractivity contribution in [1.29, 1.82) is 0 Å². The third-order valence-corrected chi connectivity index (χ3v) is 4.31. The molecule has 5 nitrogen and oxygen atoms in total. The second-order valence-electron chi connectivity index (χ2n) is 6.35. The molecule has 28 heavy (non-hydrogen) atoms. The fourth-order valence-corrected chi connectivity index (χ4v) is 2.72. The first kappa shape index (κ1) is 19.5. The van der Waals surface area contributed by atoms with Crippen molar-refractivity contribution < 1.29 is 22.7 Å². The predicted octanol–water partition coefficient (Wildman–Crippen LogP) is 4.22. The van der Waals surface area contributed by atoms with E-state index in [0.717, 1.165) is 23.4 Å². The van der Waals surface area contributed by atoms with Gasteiger partial charge in [0.1, 0.15) is 5.75 Å². The summed E-state index contributed by atoms with van der Waals surface area (Å²) >= 11 is 0. The third-order valence-electron chi connectivity index (χ3n) is 4.31. The highest BCUT2D eigenvalue weighted by atomic mass is 19.2. The number of hydrogen-bond donors (Lipinski definition) is 0. The van der Waals surface area contributed by atoms with E-state index >= 15 is 0 Å². The number of carbonyl (C=O) groups excluding carboxylic acids is 1. The molecule has 0 aliphatic carbocycles. The summed E-state index contributed by atoms with van der Waals surface area (Å²) in [4.78, 5) is 18.0. The van der Waals surface area contributed by atoms with Gasteiger partial charge >= 0.3 is 0 Å². The minimum Gasteiger partial charge on any atom is -0.497 e. The molecule has 3 aromatic rings. The van der Waals surface area contributed by atoms with Gasteiger partial charge in [-0.15, -0.1) is 0 Å². The van der Waals surface area contributed by atoms with Crippen LogP contribution in [0.2, 0.25) is 0 Å². The van der Waals surface area contributed by atoms with Crippen molar-refractivity contribution in [3.63, 3.8) is 0 Å². The lowest BCUT2D eigenvalue weighted by atomic mass is 10.2. The molecule has 0 aliphatic heterocycles. The van der Waals surface area contributed by atoms with Crippen LogP contribution in [0.5, 0.6) is 5.75 Å². The summed E-state index contributed by atoms with van der Waals surface area (Å²) in [6.07, 6.45) is 2.16. The normalized spacial score (nSPS) is 10.7. The standard InChI is InChI=1S/C21H20F2N2O3/c1-25(13-14-3-8-17(22)18(23)11-14)21(26)10-9-20-24-12-19(28-20)15-4-6-16(27-2)7-5-15/h3-8,11-12H,9-10,13H2,1-2H3. The number of halogens is 2. The van der Waals surface area contributed by atoms with Gasteiger partial charge < -0.3 is 14.1 Å². The summed E-state index contributed by atoms with van der Waals surface area (Å²) in [5.41, 5.74) is 1.38. The van der Waals surface area contributed by atoms with E-state index in [9.17, 15) is 13.6 Å². The van der Waals surface area contributed by atoms with Crippen molar-refractivity contribution in [2.24, 2.45) is 0 Å². The summed E-state index contributed by atoms with van der Waals surface area (Å²) < 4.78 is 37.1. The molecule has 146 valence electrons. The van der Waals surface area contributed by atoms with Gasteiger partial charge in [0.05, 0.1) is 13.3 Å². The number of oxazole rings is 1. The molecule has 1 aromatic heterocycles. The number of hydrogen-bond acceptors (Lipinski definition) is 4. The second kappa shape index (κ2) is 8.65. The van der Waals surface area contributed by atoms with Gasteiger partial charge in [-0.3, -0.25) is 4.79 Å². The van der Waals surface area contributed by atoms with Crippen LogP contribution in [-0.2, 0) is 17.8 Å². The molecule has 0 radical (unpaired) electrons. The Morgan fingerprint density at radius 1 is 1.14 bits per heavy atom. The van der Waals surface area contributed by atoms with E-state index in [0.29, 0.717) is 23.6 Å². The van der Waals surface area contributed by atoms with Gasteiger partial charge in [-0.2, -0.15) is 0 Å². The molecule has 7 heteroatoms. The van der Waals surface area contributed by atoms with E-state index in [-0.39, 0.29) is 18.9 Å². The maximum absolute atomic E-state index is 13.3. The number of ether oxygens (including phenoxy) is 1. The van der Waals surface area contributed by atoms with Crippen molar-refractivity contribution in [3.8, 4) is 17.1 Å². The Labute approximate surface area is 161 Å². The van der Waals surface area contributed by atoms with Crippen LogP contribution in [0.25, 0.3) is 11.3 Å². The maximum atomic E-state index is 13.3. The van der Waals surface area contributed by atoms with Crippen molar-refractivity contribution in [2.45, 2.75) is 19.4 Å². The highest BCUT2D eigenvalue weighted by Gasteiger charge is 2.13. The van der Waals surface area contributed by atoms with Gasteiger partial charge in [0.15, 0.2) is 23.3 Å². The number of aromatic nitrogens is 1. The second-order valence-corrected chi connectivity index (χ2v) is 6.35. The maximum Gasteiger partial charge on any atom is 0.223 e. The number of carbonyl (C=O) groups is 1. The van der Waals surface area contributed by atoms with Crippen LogP contribution in [0.15, 0.2) is 53.1 Å². The summed E-state index contributed by atoms with van der Waals surface area (Å²) in [6, 6.07) is 11.0. The molecule has 0 saturated carbocycles. The Hall–Kier alpha value is -3.22. The van der Waals surface area contributed by atoms with Crippen molar-refractivity contribution in [2.75, 3.05) is 14.2 Å². The highest BCUT2D eigenvalue weighted by molar-refractivity contribution is 5.76. The van der Waals surface area contributed by atoms with E-state index in [4.69, 9.17) is 9.15 Å². The summed E-state index contributed by atoms with van der Waals surface area (Å²) in [6.45, 7) is 0.193. The van der Waals surface area contributed by atoms with E-state index in [2.05, 4.69) is 4.98 Å². The minimum absolute atomic E-state index is 0.145. The zero-order valence-electron chi connectivity index (χ0n) is 15.6. The lowest BCUT2D eigenvalue weighted by molar-refractivity contribution is -0.130. The molecule has 1 heterocycles. The van der Waals surface area contributed by atoms with Crippen LogP contribution in [0, 0.1) is 11.6 Å². The SMILES string of the molecule is COc1ccc(-c2cnc(CCC(=O)N(C)Cc3ccc(F)c(F)c3)o2)cc1. The molecule has 0 N–H and O–H groups in total. The highest BCUT2D eigenvalue weighted by Crippen LogP contribution is 2.23. The van der Waals surface area contributed by atoms with Gasteiger partial charge in [-0.1, -0.05) is 6.07 Å². The van der Waals surface area contributed by atoms with Crippen molar-refractivity contribution in [3.05, 3.63) is 71.8 Å². The molecule has 3 rings (SSSR count). The molecule has 2 aromatic carbocycles. The molecular weight excluding hydrogens is 366 g/mol. The number of methoxy groups -OCH3 is 1. The first-order valence-electron chi connectivity index (χ1n) is 8.73. The van der Waals surface area contributed by atoms with Crippen LogP contribution in [-0.4, -0.2) is 29.9 Å². The molecule has 0 saturated heterocycles. The summed E-state index contributed by atoms with van der Waals surface area (Å²) in [5.74, 6) is -0.161. The Balaban J connectivity index is 1.55. The zero-order chi connectivity index (χ0) is 20.1. The average molecular weight is 386 g/mol. The minimum atomic E-state index is -0.927. The fraction of sp³-hybridized carbons (Fsp3) is 0.238. The monoisotopic (exact) mass is 386 g/mol. The Kier molecular flexibility index (Phi) is 6.03. The van der Waals surface area contributed by atoms with E-state index in [1.165, 1.54) is 11.0 Å². The summed E-state index contributed by atoms with van der Waals surface area (Å²) in [7, 11) is 3.21. The number of benzene rings is 2. The predicted molar refractivity (Wildman–Crippen MR) is 99.6 cm³/mol. The lowest BCUT2D eigenvalue weighted by Crippen LogP contribution is -2.26. The molecule has 0 aliphatic rings. The summed E-state index contributed by atoms with van der Waals surface area (Å²) in [5, 5.41) is 0. The van der Waals surface area contributed by atoms with Gasteiger partial charge in [0, 0.05) is 32.0 Å². The number of amides is 1. The number of nitrogens with zero attached hydrogens (tertiary/aromatic N) is 2. The lowest BCUT2D eigenvalue weighted by Gasteiger charge is -2.17. The van der Waals surface area contributed by atoms with Gasteiger partial charge in [-0.05, 0) is 42.0 Å². The van der Waals surface area contributed by atoms with Gasteiger partial charge in [0.2, 0.25) is 5.91 Å². The van der Waals surface area contributed by atoms with Crippen LogP contribution < -0.4 is 4.74 Å². The van der Waals surface area contributed by atoms with Crippen LogP contribution in [0.1, 0.15) is 17.9 Å². The molecule has 0 fully saturated rings.